The van der Waals surface area contributed by atoms with Crippen LogP contribution in [0.5, 0.6) is 0 Å². The van der Waals surface area contributed by atoms with E-state index in [0.29, 0.717) is 6.42 Å². The molecule has 1 atom stereocenters. The van der Waals surface area contributed by atoms with Crippen molar-refractivity contribution >= 4 is 11.6 Å². The van der Waals surface area contributed by atoms with Crippen molar-refractivity contribution < 1.29 is 13.6 Å². The van der Waals surface area contributed by atoms with Crippen LogP contribution in [0.15, 0.2) is 18.2 Å². The van der Waals surface area contributed by atoms with E-state index in [-0.39, 0.29) is 5.69 Å². The topological polar surface area (TPSA) is 55.1 Å². The minimum absolute atomic E-state index is 0.207. The fourth-order valence-corrected chi connectivity index (χ4v) is 1.21. The lowest BCUT2D eigenvalue weighted by molar-refractivity contribution is -0.118. The van der Waals surface area contributed by atoms with E-state index in [2.05, 4.69) is 5.32 Å². The van der Waals surface area contributed by atoms with Gasteiger partial charge < -0.3 is 11.1 Å². The first kappa shape index (κ1) is 11.4. The van der Waals surface area contributed by atoms with Gasteiger partial charge in [0, 0.05) is 11.8 Å². The molecule has 0 aliphatic heterocycles. The number of anilines is 1. The van der Waals surface area contributed by atoms with Crippen LogP contribution in [0.2, 0.25) is 0 Å². The molecule has 0 spiro atoms. The first-order chi connectivity index (χ1) is 7.02. The lowest BCUT2D eigenvalue weighted by Gasteiger charge is -2.14. The van der Waals surface area contributed by atoms with E-state index in [1.54, 1.807) is 6.92 Å². The molecule has 1 aromatic rings. The number of hydrogen-bond donors (Lipinski definition) is 2. The molecule has 0 radical (unpaired) electrons. The van der Waals surface area contributed by atoms with Crippen molar-refractivity contribution in [1.29, 1.82) is 0 Å². The molecule has 5 heteroatoms. The molecule has 1 rings (SSSR count). The summed E-state index contributed by atoms with van der Waals surface area (Å²) in [6.45, 7) is 1.75. The summed E-state index contributed by atoms with van der Waals surface area (Å²) in [4.78, 5) is 10.9. The van der Waals surface area contributed by atoms with E-state index >= 15 is 0 Å². The van der Waals surface area contributed by atoms with Crippen LogP contribution in [0.4, 0.5) is 14.5 Å². The Hall–Kier alpha value is -1.65. The average Bonchev–Trinajstić information content (AvgIpc) is 2.12. The van der Waals surface area contributed by atoms with Crippen molar-refractivity contribution in [3.05, 3.63) is 29.8 Å². The zero-order valence-corrected chi connectivity index (χ0v) is 8.26. The third kappa shape index (κ3) is 3.19. The predicted molar refractivity (Wildman–Crippen MR) is 53.3 cm³/mol. The molecule has 1 unspecified atom stereocenters. The Labute approximate surface area is 86.3 Å². The molecule has 82 valence electrons. The van der Waals surface area contributed by atoms with Gasteiger partial charge in [0.1, 0.15) is 17.7 Å². The van der Waals surface area contributed by atoms with Crippen molar-refractivity contribution in [3.8, 4) is 0 Å². The van der Waals surface area contributed by atoms with Crippen LogP contribution >= 0.6 is 0 Å². The van der Waals surface area contributed by atoms with Gasteiger partial charge in [-0.15, -0.1) is 0 Å². The van der Waals surface area contributed by atoms with Crippen LogP contribution in [0.25, 0.3) is 0 Å². The number of benzene rings is 1. The second kappa shape index (κ2) is 4.72. The molecule has 1 aromatic carbocycles. The van der Waals surface area contributed by atoms with Gasteiger partial charge in [0.2, 0.25) is 5.91 Å². The van der Waals surface area contributed by atoms with Gasteiger partial charge in [-0.3, -0.25) is 4.79 Å². The second-order valence-electron chi connectivity index (χ2n) is 3.17. The molecule has 0 aliphatic rings. The van der Waals surface area contributed by atoms with Gasteiger partial charge >= 0.3 is 0 Å². The summed E-state index contributed by atoms with van der Waals surface area (Å²) in [5, 5.41) is 2.66. The zero-order chi connectivity index (χ0) is 11.4. The smallest absolute Gasteiger partial charge is 0.239 e. The summed E-state index contributed by atoms with van der Waals surface area (Å²) in [6, 6.07) is 2.35. The van der Waals surface area contributed by atoms with Crippen LogP contribution in [0, 0.1) is 11.6 Å². The molecule has 0 aliphatic carbocycles. The van der Waals surface area contributed by atoms with Crippen LogP contribution < -0.4 is 11.1 Å². The van der Waals surface area contributed by atoms with Crippen LogP contribution in [-0.2, 0) is 4.79 Å². The largest absolute Gasteiger partial charge is 0.374 e. The Morgan fingerprint density at radius 3 is 2.33 bits per heavy atom. The van der Waals surface area contributed by atoms with Gasteiger partial charge in [-0.1, -0.05) is 6.92 Å². The minimum Gasteiger partial charge on any atom is -0.374 e. The van der Waals surface area contributed by atoms with E-state index in [4.69, 9.17) is 5.73 Å². The lowest BCUT2D eigenvalue weighted by Crippen LogP contribution is -2.34. The van der Waals surface area contributed by atoms with Gasteiger partial charge in [0.25, 0.3) is 0 Å². The monoisotopic (exact) mass is 214 g/mol. The number of nitrogens with two attached hydrogens (primary N) is 1. The first-order valence-corrected chi connectivity index (χ1v) is 4.55. The summed E-state index contributed by atoms with van der Waals surface area (Å²) < 4.78 is 25.6. The molecule has 1 amide bonds. The van der Waals surface area contributed by atoms with Gasteiger partial charge in [-0.05, 0) is 18.6 Å². The molecule has 0 heterocycles. The quantitative estimate of drug-likeness (QED) is 0.800. The Morgan fingerprint density at radius 1 is 1.40 bits per heavy atom. The molecule has 15 heavy (non-hydrogen) atoms. The standard InChI is InChI=1S/C10H12F2N2O/c1-2-9(10(13)15)14-8-4-6(11)3-7(12)5-8/h3-5,9,14H,2H2,1H3,(H2,13,15). The summed E-state index contributed by atoms with van der Waals surface area (Å²) in [7, 11) is 0. The van der Waals surface area contributed by atoms with Crippen molar-refractivity contribution in [3.63, 3.8) is 0 Å². The number of rotatable bonds is 4. The number of amides is 1. The van der Waals surface area contributed by atoms with Crippen molar-refractivity contribution in [2.24, 2.45) is 5.73 Å². The molecule has 0 saturated carbocycles. The van der Waals surface area contributed by atoms with E-state index < -0.39 is 23.6 Å². The fourth-order valence-electron chi connectivity index (χ4n) is 1.21. The molecular weight excluding hydrogens is 202 g/mol. The third-order valence-electron chi connectivity index (χ3n) is 1.96. The normalized spacial score (nSPS) is 12.2. The van der Waals surface area contributed by atoms with E-state index in [9.17, 15) is 13.6 Å². The predicted octanol–water partition coefficient (Wildman–Crippen LogP) is 1.64. The third-order valence-corrected chi connectivity index (χ3v) is 1.96. The number of carbonyl (C=O) groups excluding carboxylic acids is 1. The van der Waals surface area contributed by atoms with E-state index in [1.807, 2.05) is 0 Å². The highest BCUT2D eigenvalue weighted by atomic mass is 19.1. The number of primary amides is 1. The highest BCUT2D eigenvalue weighted by Gasteiger charge is 2.12. The summed E-state index contributed by atoms with van der Waals surface area (Å²) >= 11 is 0. The maximum absolute atomic E-state index is 12.8. The molecule has 3 N–H and O–H groups in total. The summed E-state index contributed by atoms with van der Waals surface area (Å²) in [5.41, 5.74) is 5.29. The number of hydrogen-bond acceptors (Lipinski definition) is 2. The number of nitrogens with one attached hydrogen (secondary N) is 1. The second-order valence-corrected chi connectivity index (χ2v) is 3.17. The number of halogens is 2. The van der Waals surface area contributed by atoms with Crippen molar-refractivity contribution in [2.75, 3.05) is 5.32 Å². The maximum atomic E-state index is 12.8. The molecule has 0 saturated heterocycles. The Balaban J connectivity index is 2.83. The van der Waals surface area contributed by atoms with Gasteiger partial charge in [-0.2, -0.15) is 0 Å². The SMILES string of the molecule is CCC(Nc1cc(F)cc(F)c1)C(N)=O. The van der Waals surface area contributed by atoms with Gasteiger partial charge in [-0.25, -0.2) is 8.78 Å². The van der Waals surface area contributed by atoms with Gasteiger partial charge in [0.15, 0.2) is 0 Å². The number of carbonyl (C=O) groups is 1. The zero-order valence-electron chi connectivity index (χ0n) is 8.26. The van der Waals surface area contributed by atoms with Crippen LogP contribution in [0.1, 0.15) is 13.3 Å². The van der Waals surface area contributed by atoms with Crippen LogP contribution in [0.3, 0.4) is 0 Å². The Kier molecular flexibility index (Phi) is 3.60. The molecule has 0 aromatic heterocycles. The molecular formula is C10H12F2N2O. The lowest BCUT2D eigenvalue weighted by atomic mass is 10.2. The van der Waals surface area contributed by atoms with E-state index in [0.717, 1.165) is 18.2 Å². The maximum Gasteiger partial charge on any atom is 0.239 e. The summed E-state index contributed by atoms with van der Waals surface area (Å²) in [5.74, 6) is -1.95. The fraction of sp³-hybridized carbons (Fsp3) is 0.300. The highest BCUT2D eigenvalue weighted by Crippen LogP contribution is 2.14. The van der Waals surface area contributed by atoms with E-state index in [1.165, 1.54) is 0 Å². The molecule has 0 bridgehead atoms. The summed E-state index contributed by atoms with van der Waals surface area (Å²) in [6.07, 6.45) is 0.452. The Bertz CT molecular complexity index is 348. The molecule has 3 nitrogen and oxygen atoms in total. The first-order valence-electron chi connectivity index (χ1n) is 4.55. The Morgan fingerprint density at radius 2 is 1.93 bits per heavy atom. The molecule has 0 fully saturated rings. The van der Waals surface area contributed by atoms with Crippen molar-refractivity contribution in [2.45, 2.75) is 19.4 Å². The van der Waals surface area contributed by atoms with Crippen LogP contribution in [-0.4, -0.2) is 11.9 Å². The average molecular weight is 214 g/mol. The highest BCUT2D eigenvalue weighted by molar-refractivity contribution is 5.82. The van der Waals surface area contributed by atoms with Gasteiger partial charge in [0.05, 0.1) is 0 Å². The minimum atomic E-state index is -0.697. The van der Waals surface area contributed by atoms with Crippen molar-refractivity contribution in [1.82, 2.24) is 0 Å².